The molecule has 18 heavy (non-hydrogen) atoms. The van der Waals surface area contributed by atoms with E-state index in [4.69, 9.17) is 11.6 Å². The molecule has 0 heterocycles. The van der Waals surface area contributed by atoms with E-state index in [0.717, 1.165) is 11.1 Å². The Labute approximate surface area is 115 Å². The predicted molar refractivity (Wildman–Crippen MR) is 78.2 cm³/mol. The average molecular weight is 279 g/mol. The van der Waals surface area contributed by atoms with E-state index >= 15 is 0 Å². The molecular formula is C15H15ClOS. The molecule has 0 saturated carbocycles. The third kappa shape index (κ3) is 3.44. The minimum atomic E-state index is -0.927. The van der Waals surface area contributed by atoms with Crippen LogP contribution in [-0.2, 0) is 22.3 Å². The van der Waals surface area contributed by atoms with Crippen LogP contribution in [-0.4, -0.2) is 4.21 Å². The summed E-state index contributed by atoms with van der Waals surface area (Å²) >= 11 is 6.07. The van der Waals surface area contributed by atoms with Gasteiger partial charge in [0, 0.05) is 21.6 Å². The van der Waals surface area contributed by atoms with E-state index in [1.165, 1.54) is 5.56 Å². The number of hydrogen-bond acceptors (Lipinski definition) is 1. The fraction of sp³-hybridized carbons (Fsp3) is 0.200. The van der Waals surface area contributed by atoms with Gasteiger partial charge in [0.25, 0.3) is 0 Å². The second-order valence-electron chi connectivity index (χ2n) is 4.25. The minimum absolute atomic E-state index is 0.508. The molecule has 0 fully saturated rings. The molecular weight excluding hydrogens is 264 g/mol. The normalized spacial score (nSPS) is 12.3. The zero-order valence-corrected chi connectivity index (χ0v) is 11.8. The van der Waals surface area contributed by atoms with Crippen molar-refractivity contribution in [2.75, 3.05) is 0 Å². The standard InChI is InChI=1S/C15H15ClOS/c1-12-6-2-3-7-13(12)10-18(17)11-14-8-4-5-9-15(14)16/h2-9H,10-11H2,1H3. The molecule has 0 saturated heterocycles. The van der Waals surface area contributed by atoms with Gasteiger partial charge in [-0.2, -0.15) is 0 Å². The highest BCUT2D eigenvalue weighted by atomic mass is 35.5. The Hall–Kier alpha value is -1.12. The number of halogens is 1. The first-order chi connectivity index (χ1) is 8.66. The van der Waals surface area contributed by atoms with Crippen LogP contribution in [0.5, 0.6) is 0 Å². The van der Waals surface area contributed by atoms with Gasteiger partial charge in [0.05, 0.1) is 5.75 Å². The maximum absolute atomic E-state index is 12.1. The van der Waals surface area contributed by atoms with E-state index in [-0.39, 0.29) is 0 Å². The molecule has 0 spiro atoms. The molecule has 0 aliphatic carbocycles. The van der Waals surface area contributed by atoms with Gasteiger partial charge < -0.3 is 0 Å². The Morgan fingerprint density at radius 2 is 1.50 bits per heavy atom. The van der Waals surface area contributed by atoms with Gasteiger partial charge in [0.2, 0.25) is 0 Å². The second kappa shape index (κ2) is 6.17. The van der Waals surface area contributed by atoms with Gasteiger partial charge in [0.15, 0.2) is 0 Å². The Balaban J connectivity index is 2.06. The molecule has 1 atom stereocenters. The van der Waals surface area contributed by atoms with E-state index in [1.807, 2.05) is 55.5 Å². The van der Waals surface area contributed by atoms with Gasteiger partial charge in [-0.1, -0.05) is 54.1 Å². The minimum Gasteiger partial charge on any atom is -0.259 e. The molecule has 2 aromatic rings. The topological polar surface area (TPSA) is 17.1 Å². The number of aryl methyl sites for hydroxylation is 1. The van der Waals surface area contributed by atoms with Gasteiger partial charge >= 0.3 is 0 Å². The molecule has 0 aliphatic heterocycles. The van der Waals surface area contributed by atoms with Crippen molar-refractivity contribution in [1.82, 2.24) is 0 Å². The van der Waals surface area contributed by atoms with Crippen LogP contribution in [0.15, 0.2) is 48.5 Å². The molecule has 3 heteroatoms. The van der Waals surface area contributed by atoms with Crippen molar-refractivity contribution < 1.29 is 4.21 Å². The lowest BCUT2D eigenvalue weighted by atomic mass is 10.1. The van der Waals surface area contributed by atoms with Crippen molar-refractivity contribution in [2.45, 2.75) is 18.4 Å². The van der Waals surface area contributed by atoms with Gasteiger partial charge in [-0.25, -0.2) is 0 Å². The van der Waals surface area contributed by atoms with Crippen LogP contribution in [0.1, 0.15) is 16.7 Å². The van der Waals surface area contributed by atoms with Crippen LogP contribution in [0.25, 0.3) is 0 Å². The maximum Gasteiger partial charge on any atom is 0.0503 e. The van der Waals surface area contributed by atoms with E-state index < -0.39 is 10.8 Å². The third-order valence-electron chi connectivity index (χ3n) is 2.85. The van der Waals surface area contributed by atoms with Crippen LogP contribution < -0.4 is 0 Å². The summed E-state index contributed by atoms with van der Waals surface area (Å²) in [6.07, 6.45) is 0. The summed E-state index contributed by atoms with van der Waals surface area (Å²) in [5, 5.41) is 0.690. The fourth-order valence-electron chi connectivity index (χ4n) is 1.79. The molecule has 2 rings (SSSR count). The average Bonchev–Trinajstić information content (AvgIpc) is 2.35. The molecule has 2 aromatic carbocycles. The van der Waals surface area contributed by atoms with Crippen molar-refractivity contribution in [2.24, 2.45) is 0 Å². The number of benzene rings is 2. The van der Waals surface area contributed by atoms with Crippen LogP contribution in [0, 0.1) is 6.92 Å². The molecule has 0 amide bonds. The zero-order valence-electron chi connectivity index (χ0n) is 10.2. The summed E-state index contributed by atoms with van der Waals surface area (Å²) in [6.45, 7) is 2.04. The lowest BCUT2D eigenvalue weighted by Crippen LogP contribution is -2.01. The summed E-state index contributed by atoms with van der Waals surface area (Å²) in [5.41, 5.74) is 3.28. The van der Waals surface area contributed by atoms with Crippen molar-refractivity contribution in [1.29, 1.82) is 0 Å². The van der Waals surface area contributed by atoms with Crippen molar-refractivity contribution >= 4 is 22.4 Å². The molecule has 0 N–H and O–H groups in total. The van der Waals surface area contributed by atoms with Crippen LogP contribution >= 0.6 is 11.6 Å². The first kappa shape index (κ1) is 13.3. The fourth-order valence-corrected chi connectivity index (χ4v) is 3.44. The van der Waals surface area contributed by atoms with Crippen molar-refractivity contribution in [3.05, 3.63) is 70.2 Å². The molecule has 0 bridgehead atoms. The highest BCUT2D eigenvalue weighted by Gasteiger charge is 2.07. The smallest absolute Gasteiger partial charge is 0.0503 e. The number of hydrogen-bond donors (Lipinski definition) is 0. The van der Waals surface area contributed by atoms with Gasteiger partial charge in [-0.3, -0.25) is 4.21 Å². The molecule has 1 nitrogen and oxygen atoms in total. The Morgan fingerprint density at radius 3 is 2.17 bits per heavy atom. The van der Waals surface area contributed by atoms with Crippen molar-refractivity contribution in [3.8, 4) is 0 Å². The summed E-state index contributed by atoms with van der Waals surface area (Å²) < 4.78 is 12.1. The quantitative estimate of drug-likeness (QED) is 0.823. The Kier molecular flexibility index (Phi) is 4.56. The highest BCUT2D eigenvalue weighted by molar-refractivity contribution is 7.83. The van der Waals surface area contributed by atoms with Gasteiger partial charge in [0.1, 0.15) is 0 Å². The Bertz CT molecular complexity index is 516. The molecule has 1 unspecified atom stereocenters. The molecule has 0 radical (unpaired) electrons. The van der Waals surface area contributed by atoms with E-state index in [0.29, 0.717) is 16.5 Å². The first-order valence-corrected chi connectivity index (χ1v) is 7.66. The lowest BCUT2D eigenvalue weighted by Gasteiger charge is -2.07. The summed E-state index contributed by atoms with van der Waals surface area (Å²) in [6, 6.07) is 15.6. The lowest BCUT2D eigenvalue weighted by molar-refractivity contribution is 0.682. The van der Waals surface area contributed by atoms with Crippen LogP contribution in [0.2, 0.25) is 5.02 Å². The number of rotatable bonds is 4. The van der Waals surface area contributed by atoms with Gasteiger partial charge in [-0.15, -0.1) is 0 Å². The summed E-state index contributed by atoms with van der Waals surface area (Å²) in [4.78, 5) is 0. The molecule has 0 aromatic heterocycles. The second-order valence-corrected chi connectivity index (χ2v) is 6.11. The van der Waals surface area contributed by atoms with E-state index in [1.54, 1.807) is 0 Å². The largest absolute Gasteiger partial charge is 0.259 e. The zero-order chi connectivity index (χ0) is 13.0. The molecule has 94 valence electrons. The SMILES string of the molecule is Cc1ccccc1CS(=O)Cc1ccccc1Cl. The third-order valence-corrected chi connectivity index (χ3v) is 4.49. The summed E-state index contributed by atoms with van der Waals surface area (Å²) in [5.74, 6) is 1.09. The highest BCUT2D eigenvalue weighted by Crippen LogP contribution is 2.18. The van der Waals surface area contributed by atoms with Crippen molar-refractivity contribution in [3.63, 3.8) is 0 Å². The van der Waals surface area contributed by atoms with Crippen LogP contribution in [0.4, 0.5) is 0 Å². The molecule has 0 aliphatic rings. The van der Waals surface area contributed by atoms with Gasteiger partial charge in [-0.05, 0) is 29.7 Å². The monoisotopic (exact) mass is 278 g/mol. The Morgan fingerprint density at radius 1 is 0.944 bits per heavy atom. The van der Waals surface area contributed by atoms with Crippen LogP contribution in [0.3, 0.4) is 0 Å². The maximum atomic E-state index is 12.1. The predicted octanol–water partition coefficient (Wildman–Crippen LogP) is 4.10. The summed E-state index contributed by atoms with van der Waals surface area (Å²) in [7, 11) is -0.927. The van der Waals surface area contributed by atoms with E-state index in [9.17, 15) is 4.21 Å². The van der Waals surface area contributed by atoms with E-state index in [2.05, 4.69) is 0 Å². The first-order valence-electron chi connectivity index (χ1n) is 5.79.